The van der Waals surface area contributed by atoms with Crippen LogP contribution in [0.2, 0.25) is 0 Å². The summed E-state index contributed by atoms with van der Waals surface area (Å²) < 4.78 is 44.6. The summed E-state index contributed by atoms with van der Waals surface area (Å²) in [5.74, 6) is 1.63. The van der Waals surface area contributed by atoms with E-state index < -0.39 is 11.9 Å². The Bertz CT molecular complexity index is 1360. The molecular weight excluding hydrogens is 541 g/mol. The van der Waals surface area contributed by atoms with Gasteiger partial charge in [0.15, 0.2) is 0 Å². The van der Waals surface area contributed by atoms with Gasteiger partial charge >= 0.3 is 6.18 Å². The number of hydrogen-bond acceptors (Lipinski definition) is 4. The number of aliphatic hydroxyl groups excluding tert-OH is 1. The first-order valence-corrected chi connectivity index (χ1v) is 14.9. The van der Waals surface area contributed by atoms with E-state index in [2.05, 4.69) is 24.0 Å². The van der Waals surface area contributed by atoms with Crippen LogP contribution in [0.4, 0.5) is 18.9 Å². The molecule has 2 saturated carbocycles. The van der Waals surface area contributed by atoms with Crippen molar-refractivity contribution in [3.63, 3.8) is 0 Å². The summed E-state index contributed by atoms with van der Waals surface area (Å²) in [5.41, 5.74) is 3.56. The van der Waals surface area contributed by atoms with Crippen molar-refractivity contribution in [1.82, 2.24) is 4.98 Å². The smallest absolute Gasteiger partial charge is 0.433 e. The lowest BCUT2D eigenvalue weighted by atomic mass is 9.78. The van der Waals surface area contributed by atoms with Gasteiger partial charge in [0.2, 0.25) is 5.91 Å². The molecule has 0 unspecified atom stereocenters. The Hall–Kier alpha value is -3.39. The Morgan fingerprint density at radius 1 is 0.952 bits per heavy atom. The number of carbonyl (C=O) groups is 1. The average Bonchev–Trinajstić information content (AvgIpc) is 3.00. The zero-order valence-corrected chi connectivity index (χ0v) is 24.2. The van der Waals surface area contributed by atoms with Gasteiger partial charge in [0, 0.05) is 29.9 Å². The third-order valence-electron chi connectivity index (χ3n) is 9.03. The maximum absolute atomic E-state index is 14.0. The molecule has 8 heteroatoms. The van der Waals surface area contributed by atoms with Gasteiger partial charge in [-0.3, -0.25) is 9.78 Å². The number of carbonyl (C=O) groups excluding carboxylic acids is 1. The zero-order valence-electron chi connectivity index (χ0n) is 24.2. The van der Waals surface area contributed by atoms with Crippen molar-refractivity contribution in [2.75, 3.05) is 18.6 Å². The minimum atomic E-state index is -4.50. The van der Waals surface area contributed by atoms with E-state index >= 15 is 0 Å². The van der Waals surface area contributed by atoms with Gasteiger partial charge in [-0.25, -0.2) is 0 Å². The van der Waals surface area contributed by atoms with Crippen LogP contribution in [-0.2, 0) is 11.0 Å². The van der Waals surface area contributed by atoms with Gasteiger partial charge in [-0.2, -0.15) is 13.2 Å². The molecule has 1 amide bonds. The first kappa shape index (κ1) is 30.1. The minimum Gasteiger partial charge on any atom is -0.496 e. The average molecular weight is 581 g/mol. The summed E-state index contributed by atoms with van der Waals surface area (Å²) in [4.78, 5) is 19.5. The highest BCUT2D eigenvalue weighted by molar-refractivity contribution is 5.95. The molecular formula is C34H39F3N2O3. The number of amides is 1. The second-order valence-corrected chi connectivity index (χ2v) is 11.9. The Kier molecular flexibility index (Phi) is 9.21. The summed E-state index contributed by atoms with van der Waals surface area (Å²) >= 11 is 0. The van der Waals surface area contributed by atoms with Crippen LogP contribution in [-0.4, -0.2) is 35.8 Å². The van der Waals surface area contributed by atoms with Gasteiger partial charge in [-0.15, -0.1) is 0 Å². The number of alkyl halides is 3. The number of aryl methyl sites for hydroxylation is 1. The molecule has 42 heavy (non-hydrogen) atoms. The monoisotopic (exact) mass is 580 g/mol. The largest absolute Gasteiger partial charge is 0.496 e. The van der Waals surface area contributed by atoms with Gasteiger partial charge in [-0.1, -0.05) is 30.3 Å². The number of aliphatic hydroxyl groups is 1. The number of anilines is 1. The number of nitrogens with zero attached hydrogens (tertiary/aromatic N) is 2. The quantitative estimate of drug-likeness (QED) is 0.308. The SMILES string of the molecule is COc1ccc(C2CCC(CN(C(=O)C3CCC(O)CC3)c3cccc(-c4ccc(C(F)(F)F)nc4)c3)CC2)cc1C. The fourth-order valence-electron chi connectivity index (χ4n) is 6.54. The first-order chi connectivity index (χ1) is 20.1. The third-order valence-corrected chi connectivity index (χ3v) is 9.03. The number of halogens is 3. The van der Waals surface area contributed by atoms with Crippen LogP contribution >= 0.6 is 0 Å². The van der Waals surface area contributed by atoms with Crippen molar-refractivity contribution in [3.05, 3.63) is 77.6 Å². The standard InChI is InChI=1S/C34H39F3N2O3/c1-22-18-27(12-16-31(22)42-2)24-8-6-23(7-9-24)21-39(33(41)25-10-14-30(40)15-11-25)29-5-3-4-26(19-29)28-13-17-32(38-20-28)34(35,36)37/h3-5,12-13,16-20,23-25,30,40H,6-11,14-15,21H2,1-2H3. The Labute approximate surface area is 245 Å². The number of benzene rings is 2. The Morgan fingerprint density at radius 3 is 2.31 bits per heavy atom. The number of hydrogen-bond donors (Lipinski definition) is 1. The highest BCUT2D eigenvalue weighted by Gasteiger charge is 2.33. The predicted molar refractivity (Wildman–Crippen MR) is 157 cm³/mol. The molecule has 5 nitrogen and oxygen atoms in total. The molecule has 0 radical (unpaired) electrons. The number of aromatic nitrogens is 1. The van der Waals surface area contributed by atoms with E-state index in [1.165, 1.54) is 17.8 Å². The van der Waals surface area contributed by atoms with Crippen molar-refractivity contribution in [2.45, 2.75) is 76.5 Å². The van der Waals surface area contributed by atoms with Gasteiger partial charge in [0.05, 0.1) is 13.2 Å². The highest BCUT2D eigenvalue weighted by atomic mass is 19.4. The highest BCUT2D eigenvalue weighted by Crippen LogP contribution is 2.39. The summed E-state index contributed by atoms with van der Waals surface area (Å²) in [6.07, 6.45) is 3.04. The summed E-state index contributed by atoms with van der Waals surface area (Å²) in [6, 6.07) is 16.3. The molecule has 2 aromatic carbocycles. The van der Waals surface area contributed by atoms with E-state index in [1.807, 2.05) is 35.2 Å². The molecule has 5 rings (SSSR count). The third kappa shape index (κ3) is 6.97. The molecule has 1 aromatic heterocycles. The first-order valence-electron chi connectivity index (χ1n) is 14.9. The van der Waals surface area contributed by atoms with Crippen LogP contribution in [0.15, 0.2) is 60.8 Å². The molecule has 0 spiro atoms. The van der Waals surface area contributed by atoms with Crippen molar-refractivity contribution >= 4 is 11.6 Å². The molecule has 0 aliphatic heterocycles. The van der Waals surface area contributed by atoms with E-state index in [4.69, 9.17) is 4.74 Å². The molecule has 1 N–H and O–H groups in total. The minimum absolute atomic E-state index is 0.0671. The van der Waals surface area contributed by atoms with E-state index in [0.717, 1.165) is 48.8 Å². The van der Waals surface area contributed by atoms with Crippen LogP contribution in [0.5, 0.6) is 5.75 Å². The molecule has 224 valence electrons. The molecule has 3 aromatic rings. The van der Waals surface area contributed by atoms with Gasteiger partial charge in [0.1, 0.15) is 11.4 Å². The number of pyridine rings is 1. The topological polar surface area (TPSA) is 62.7 Å². The molecule has 2 fully saturated rings. The Balaban J connectivity index is 1.34. The fraction of sp³-hybridized carbons (Fsp3) is 0.471. The molecule has 2 aliphatic rings. The van der Waals surface area contributed by atoms with E-state index in [1.54, 1.807) is 7.11 Å². The second-order valence-electron chi connectivity index (χ2n) is 11.9. The van der Waals surface area contributed by atoms with Crippen molar-refractivity contribution in [2.24, 2.45) is 11.8 Å². The maximum atomic E-state index is 14.0. The molecule has 2 aliphatic carbocycles. The van der Waals surface area contributed by atoms with Crippen molar-refractivity contribution in [1.29, 1.82) is 0 Å². The van der Waals surface area contributed by atoms with Gasteiger partial charge in [0.25, 0.3) is 0 Å². The lowest BCUT2D eigenvalue weighted by molar-refractivity contribution is -0.141. The second kappa shape index (κ2) is 12.9. The molecule has 0 saturated heterocycles. The zero-order chi connectivity index (χ0) is 29.9. The summed E-state index contributed by atoms with van der Waals surface area (Å²) in [5, 5.41) is 10.0. The van der Waals surface area contributed by atoms with Gasteiger partial charge in [-0.05, 0) is 111 Å². The molecule has 1 heterocycles. The van der Waals surface area contributed by atoms with Crippen molar-refractivity contribution < 1.29 is 27.8 Å². The fourth-order valence-corrected chi connectivity index (χ4v) is 6.54. The maximum Gasteiger partial charge on any atom is 0.433 e. The van der Waals surface area contributed by atoms with Crippen LogP contribution < -0.4 is 9.64 Å². The summed E-state index contributed by atoms with van der Waals surface area (Å²) in [7, 11) is 1.69. The van der Waals surface area contributed by atoms with Crippen LogP contribution in [0.3, 0.4) is 0 Å². The Morgan fingerprint density at radius 2 is 1.69 bits per heavy atom. The molecule has 0 bridgehead atoms. The van der Waals surface area contributed by atoms with E-state index in [0.29, 0.717) is 55.2 Å². The normalized spacial score (nSPS) is 22.9. The summed E-state index contributed by atoms with van der Waals surface area (Å²) in [6.45, 7) is 2.66. The number of ether oxygens (including phenoxy) is 1. The van der Waals surface area contributed by atoms with Crippen LogP contribution in [0.1, 0.15) is 74.1 Å². The number of rotatable bonds is 7. The van der Waals surface area contributed by atoms with Crippen LogP contribution in [0.25, 0.3) is 11.1 Å². The molecule has 0 atom stereocenters. The van der Waals surface area contributed by atoms with Gasteiger partial charge < -0.3 is 14.7 Å². The van der Waals surface area contributed by atoms with E-state index in [9.17, 15) is 23.1 Å². The van der Waals surface area contributed by atoms with E-state index in [-0.39, 0.29) is 17.9 Å². The lowest BCUT2D eigenvalue weighted by Crippen LogP contribution is -2.41. The lowest BCUT2D eigenvalue weighted by Gasteiger charge is -2.36. The van der Waals surface area contributed by atoms with Crippen LogP contribution in [0, 0.1) is 18.8 Å². The van der Waals surface area contributed by atoms with Crippen molar-refractivity contribution in [3.8, 4) is 16.9 Å². The number of methoxy groups -OCH3 is 1. The predicted octanol–water partition coefficient (Wildman–Crippen LogP) is 7.94.